The summed E-state index contributed by atoms with van der Waals surface area (Å²) in [7, 11) is 1.74. The molecule has 3 N–H and O–H groups in total. The van der Waals surface area contributed by atoms with E-state index in [9.17, 15) is 19.1 Å². The summed E-state index contributed by atoms with van der Waals surface area (Å²) in [6.07, 6.45) is 1.65. The van der Waals surface area contributed by atoms with Gasteiger partial charge in [-0.25, -0.2) is 4.39 Å². The molecule has 152 valence electrons. The summed E-state index contributed by atoms with van der Waals surface area (Å²) in [5.41, 5.74) is 3.12. The summed E-state index contributed by atoms with van der Waals surface area (Å²) in [4.78, 5) is 25.5. The Morgan fingerprint density at radius 1 is 1.38 bits per heavy atom. The predicted molar refractivity (Wildman–Crippen MR) is 109 cm³/mol. The number of fused-ring (bicyclic) bond motifs is 1. The third-order valence-corrected chi connectivity index (χ3v) is 5.15. The van der Waals surface area contributed by atoms with Gasteiger partial charge in [0.05, 0.1) is 6.04 Å². The number of aromatic hydroxyl groups is 1. The van der Waals surface area contributed by atoms with Gasteiger partial charge < -0.3 is 25.4 Å². The van der Waals surface area contributed by atoms with Gasteiger partial charge in [-0.2, -0.15) is 0 Å². The lowest BCUT2D eigenvalue weighted by Gasteiger charge is -2.29. The van der Waals surface area contributed by atoms with Crippen LogP contribution in [0.25, 0.3) is 0 Å². The van der Waals surface area contributed by atoms with Gasteiger partial charge in [0.15, 0.2) is 0 Å². The number of phenols is 1. The van der Waals surface area contributed by atoms with Crippen molar-refractivity contribution in [2.24, 2.45) is 0 Å². The van der Waals surface area contributed by atoms with E-state index in [0.717, 1.165) is 17.5 Å². The van der Waals surface area contributed by atoms with Crippen molar-refractivity contribution in [3.05, 3.63) is 71.2 Å². The smallest absolute Gasteiger partial charge is 0.255 e. The summed E-state index contributed by atoms with van der Waals surface area (Å²) in [5, 5.41) is 15.7. The van der Waals surface area contributed by atoms with E-state index in [-0.39, 0.29) is 24.2 Å². The number of carbonyl (C=O) groups is 2. The zero-order chi connectivity index (χ0) is 21.0. The largest absolute Gasteiger partial charge is 0.508 e. The normalized spacial score (nSPS) is 13.7. The minimum atomic E-state index is -0.417. The first-order valence-electron chi connectivity index (χ1n) is 9.40. The van der Waals surface area contributed by atoms with Crippen molar-refractivity contribution in [2.45, 2.75) is 32.0 Å². The number of likely N-dealkylation sites (N-methyl/N-ethyl adjacent to an activating group) is 1. The van der Waals surface area contributed by atoms with Crippen LogP contribution in [0.2, 0.25) is 0 Å². The molecule has 0 aliphatic carbocycles. The van der Waals surface area contributed by atoms with Gasteiger partial charge in [-0.1, -0.05) is 12.6 Å². The first-order chi connectivity index (χ1) is 14.0. The Morgan fingerprint density at radius 3 is 2.90 bits per heavy atom. The lowest BCUT2D eigenvalue weighted by molar-refractivity contribution is -0.108. The number of halogens is 1. The molecule has 0 fully saturated rings. The highest BCUT2D eigenvalue weighted by Gasteiger charge is 2.34. The third-order valence-electron chi connectivity index (χ3n) is 5.15. The molecule has 0 radical (unpaired) electrons. The van der Waals surface area contributed by atoms with Crippen LogP contribution in [0.1, 0.15) is 34.3 Å². The quantitative estimate of drug-likeness (QED) is 0.566. The zero-order valence-corrected chi connectivity index (χ0v) is 16.2. The van der Waals surface area contributed by atoms with Crippen molar-refractivity contribution in [2.75, 3.05) is 12.4 Å². The van der Waals surface area contributed by atoms with Gasteiger partial charge in [-0.15, -0.1) is 0 Å². The fourth-order valence-electron chi connectivity index (χ4n) is 3.57. The van der Waals surface area contributed by atoms with Crippen LogP contribution in [0, 0.1) is 5.82 Å². The third kappa shape index (κ3) is 4.23. The Bertz CT molecular complexity index is 945. The van der Waals surface area contributed by atoms with E-state index in [4.69, 9.17) is 0 Å². The highest BCUT2D eigenvalue weighted by atomic mass is 19.1. The molecule has 0 aromatic heterocycles. The molecule has 0 saturated heterocycles. The van der Waals surface area contributed by atoms with Crippen molar-refractivity contribution in [1.82, 2.24) is 10.2 Å². The van der Waals surface area contributed by atoms with Gasteiger partial charge in [-0.3, -0.25) is 4.79 Å². The first kappa shape index (κ1) is 20.4. The summed E-state index contributed by atoms with van der Waals surface area (Å²) >= 11 is 0. The highest BCUT2D eigenvalue weighted by Crippen LogP contribution is 2.33. The summed E-state index contributed by atoms with van der Waals surface area (Å²) in [5.74, 6) is -0.550. The molecule has 2 aromatic carbocycles. The lowest BCUT2D eigenvalue weighted by Crippen LogP contribution is -2.40. The molecule has 1 aliphatic heterocycles. The molecular formula is C22H24FN3O3. The van der Waals surface area contributed by atoms with Crippen molar-refractivity contribution < 1.29 is 19.1 Å². The molecule has 1 aliphatic rings. The van der Waals surface area contributed by atoms with Gasteiger partial charge in [0, 0.05) is 54.6 Å². The molecular weight excluding hydrogens is 373 g/mol. The molecule has 1 heterocycles. The number of hydrogen-bond acceptors (Lipinski definition) is 5. The Kier molecular flexibility index (Phi) is 6.16. The Hall–Kier alpha value is -3.35. The highest BCUT2D eigenvalue weighted by molar-refractivity contribution is 6.00. The molecule has 3 rings (SSSR count). The fraction of sp³-hybridized carbons (Fsp3) is 0.273. The molecule has 0 saturated carbocycles. The predicted octanol–water partition coefficient (Wildman–Crippen LogP) is 3.18. The minimum Gasteiger partial charge on any atom is -0.508 e. The van der Waals surface area contributed by atoms with E-state index in [1.165, 1.54) is 18.2 Å². The Balaban J connectivity index is 1.83. The zero-order valence-electron chi connectivity index (χ0n) is 16.2. The van der Waals surface area contributed by atoms with Crippen LogP contribution in [0.15, 0.2) is 48.7 Å². The van der Waals surface area contributed by atoms with Crippen molar-refractivity contribution >= 4 is 17.9 Å². The number of phenolic OH excluding ortho intramolecular Hbond substituents is 1. The topological polar surface area (TPSA) is 81.7 Å². The number of carbonyl (C=O) groups excluding carboxylic acids is 2. The van der Waals surface area contributed by atoms with Gasteiger partial charge in [0.2, 0.25) is 0 Å². The van der Waals surface area contributed by atoms with Gasteiger partial charge in [-0.05, 0) is 36.8 Å². The maximum Gasteiger partial charge on any atom is 0.255 e. The van der Waals surface area contributed by atoms with Crippen LogP contribution < -0.4 is 10.6 Å². The SMILES string of the molecule is C=C(NC)C(CCC=O)N1Cc2c(NCc3cc(O)ccc3F)cccc2C1=O. The van der Waals surface area contributed by atoms with Crippen molar-refractivity contribution in [3.63, 3.8) is 0 Å². The van der Waals surface area contributed by atoms with Gasteiger partial charge >= 0.3 is 0 Å². The average molecular weight is 397 g/mol. The van der Waals surface area contributed by atoms with Crippen LogP contribution in [0.3, 0.4) is 0 Å². The summed E-state index contributed by atoms with van der Waals surface area (Å²) in [6.45, 7) is 4.52. The first-order valence-corrected chi connectivity index (χ1v) is 9.40. The van der Waals surface area contributed by atoms with E-state index >= 15 is 0 Å². The lowest BCUT2D eigenvalue weighted by atomic mass is 10.1. The van der Waals surface area contributed by atoms with Gasteiger partial charge in [0.25, 0.3) is 5.91 Å². The number of benzene rings is 2. The number of aldehydes is 1. The van der Waals surface area contributed by atoms with Crippen LogP contribution in [0.4, 0.5) is 10.1 Å². The maximum atomic E-state index is 14.0. The molecule has 1 unspecified atom stereocenters. The van der Waals surface area contributed by atoms with Crippen molar-refractivity contribution in [1.29, 1.82) is 0 Å². The molecule has 1 atom stereocenters. The fourth-order valence-corrected chi connectivity index (χ4v) is 3.57. The second-order valence-electron chi connectivity index (χ2n) is 6.93. The molecule has 2 aromatic rings. The Morgan fingerprint density at radius 2 is 2.17 bits per heavy atom. The number of anilines is 1. The monoisotopic (exact) mass is 397 g/mol. The molecule has 0 spiro atoms. The average Bonchev–Trinajstić information content (AvgIpc) is 3.06. The second-order valence-corrected chi connectivity index (χ2v) is 6.93. The van der Waals surface area contributed by atoms with Crippen LogP contribution in [-0.4, -0.2) is 35.3 Å². The number of nitrogens with zero attached hydrogens (tertiary/aromatic N) is 1. The van der Waals surface area contributed by atoms with E-state index in [1.54, 1.807) is 24.1 Å². The number of hydrogen-bond donors (Lipinski definition) is 3. The van der Waals surface area contributed by atoms with Crippen LogP contribution in [0.5, 0.6) is 5.75 Å². The number of rotatable bonds is 9. The van der Waals surface area contributed by atoms with E-state index < -0.39 is 5.82 Å². The molecule has 1 amide bonds. The Labute approximate surface area is 169 Å². The molecule has 0 bridgehead atoms. The minimum absolute atomic E-state index is 0.00792. The molecule has 6 nitrogen and oxygen atoms in total. The van der Waals surface area contributed by atoms with Gasteiger partial charge in [0.1, 0.15) is 17.9 Å². The van der Waals surface area contributed by atoms with Crippen molar-refractivity contribution in [3.8, 4) is 5.75 Å². The maximum absolute atomic E-state index is 14.0. The number of nitrogens with one attached hydrogen (secondary N) is 2. The standard InChI is InChI=1S/C22H24FN3O3/c1-14(24-2)21(7-4-10-27)26-13-18-17(22(26)29)5-3-6-20(18)25-12-15-11-16(28)8-9-19(15)23/h3,5-6,8-11,21,24-25,28H,1,4,7,12-13H2,2H3. The second kappa shape index (κ2) is 8.77. The summed E-state index contributed by atoms with van der Waals surface area (Å²) in [6, 6.07) is 8.95. The van der Waals surface area contributed by atoms with Crippen LogP contribution in [-0.2, 0) is 17.9 Å². The summed E-state index contributed by atoms with van der Waals surface area (Å²) < 4.78 is 14.0. The van der Waals surface area contributed by atoms with Crippen LogP contribution >= 0.6 is 0 Å². The van der Waals surface area contributed by atoms with E-state index in [0.29, 0.717) is 36.2 Å². The number of amides is 1. The van der Waals surface area contributed by atoms with E-state index in [2.05, 4.69) is 17.2 Å². The van der Waals surface area contributed by atoms with E-state index in [1.807, 2.05) is 6.07 Å². The molecule has 7 heteroatoms. The molecule has 29 heavy (non-hydrogen) atoms.